The molecule has 1 fully saturated rings. The molecule has 0 saturated carbocycles. The first-order valence-electron chi connectivity index (χ1n) is 8.13. The van der Waals surface area contributed by atoms with E-state index in [0.29, 0.717) is 12.0 Å². The molecule has 1 N–H and O–H groups in total. The van der Waals surface area contributed by atoms with Crippen molar-refractivity contribution in [3.05, 3.63) is 24.0 Å². The van der Waals surface area contributed by atoms with Gasteiger partial charge in [0, 0.05) is 32.9 Å². The minimum absolute atomic E-state index is 0.362. The van der Waals surface area contributed by atoms with Crippen molar-refractivity contribution in [2.24, 2.45) is 5.92 Å². The quantitative estimate of drug-likeness (QED) is 0.838. The van der Waals surface area contributed by atoms with Crippen LogP contribution in [0.5, 0.6) is 0 Å². The maximum absolute atomic E-state index is 5.84. The third-order valence-electron chi connectivity index (χ3n) is 3.92. The molecule has 2 rings (SSSR count). The highest BCUT2D eigenvalue weighted by atomic mass is 16.5. The molecule has 0 spiro atoms. The zero-order chi connectivity index (χ0) is 15.1. The lowest BCUT2D eigenvalue weighted by atomic mass is 10.1. The van der Waals surface area contributed by atoms with Crippen molar-refractivity contribution in [2.45, 2.75) is 45.8 Å². The third-order valence-corrected chi connectivity index (χ3v) is 3.92. The van der Waals surface area contributed by atoms with Crippen LogP contribution in [-0.2, 0) is 11.3 Å². The van der Waals surface area contributed by atoms with Gasteiger partial charge in [0.1, 0.15) is 0 Å². The summed E-state index contributed by atoms with van der Waals surface area (Å²) in [5.74, 6) is 0.670. The first-order chi connectivity index (χ1) is 10.2. The van der Waals surface area contributed by atoms with Crippen molar-refractivity contribution in [3.8, 4) is 0 Å². The van der Waals surface area contributed by atoms with Crippen LogP contribution in [0.25, 0.3) is 0 Å². The molecular formula is C17H29N3O. The molecule has 1 aromatic heterocycles. The molecule has 1 saturated heterocycles. The van der Waals surface area contributed by atoms with Crippen LogP contribution in [0, 0.1) is 5.92 Å². The summed E-state index contributed by atoms with van der Waals surface area (Å²) in [6.45, 7) is 8.25. The first kappa shape index (κ1) is 16.2. The predicted molar refractivity (Wildman–Crippen MR) is 87.6 cm³/mol. The Morgan fingerprint density at radius 3 is 3.00 bits per heavy atom. The molecule has 0 aromatic carbocycles. The summed E-state index contributed by atoms with van der Waals surface area (Å²) in [4.78, 5) is 6.58. The van der Waals surface area contributed by atoms with Crippen LogP contribution in [-0.4, -0.2) is 37.8 Å². The van der Waals surface area contributed by atoms with E-state index in [0.717, 1.165) is 26.2 Å². The van der Waals surface area contributed by atoms with Gasteiger partial charge in [-0.3, -0.25) is 4.98 Å². The average Bonchev–Trinajstić information content (AvgIpc) is 2.48. The van der Waals surface area contributed by atoms with Gasteiger partial charge in [-0.2, -0.15) is 0 Å². The monoisotopic (exact) mass is 291 g/mol. The van der Waals surface area contributed by atoms with Gasteiger partial charge in [0.05, 0.1) is 18.0 Å². The molecule has 0 amide bonds. The average molecular weight is 291 g/mol. The van der Waals surface area contributed by atoms with Crippen molar-refractivity contribution in [1.82, 2.24) is 10.3 Å². The van der Waals surface area contributed by atoms with Gasteiger partial charge >= 0.3 is 0 Å². The van der Waals surface area contributed by atoms with E-state index < -0.39 is 0 Å². The number of rotatable bonds is 7. The summed E-state index contributed by atoms with van der Waals surface area (Å²) in [5, 5.41) is 3.51. The molecule has 1 aliphatic rings. The summed E-state index contributed by atoms with van der Waals surface area (Å²) in [7, 11) is 2.14. The molecule has 1 atom stereocenters. The van der Waals surface area contributed by atoms with Gasteiger partial charge in [-0.25, -0.2) is 0 Å². The highest BCUT2D eigenvalue weighted by Gasteiger charge is 2.17. The van der Waals surface area contributed by atoms with Crippen LogP contribution in [0.1, 0.15) is 38.7 Å². The molecule has 21 heavy (non-hydrogen) atoms. The van der Waals surface area contributed by atoms with Gasteiger partial charge in [-0.1, -0.05) is 13.8 Å². The van der Waals surface area contributed by atoms with Gasteiger partial charge in [0.2, 0.25) is 0 Å². The summed E-state index contributed by atoms with van der Waals surface area (Å²) in [6, 6.07) is 2.11. The number of nitrogens with zero attached hydrogens (tertiary/aromatic N) is 2. The number of aromatic nitrogens is 1. The minimum Gasteiger partial charge on any atom is -0.376 e. The molecule has 0 radical (unpaired) electrons. The molecule has 0 aliphatic carbocycles. The molecule has 1 unspecified atom stereocenters. The molecule has 4 heteroatoms. The topological polar surface area (TPSA) is 37.4 Å². The number of anilines is 1. The second-order valence-corrected chi connectivity index (χ2v) is 6.40. The van der Waals surface area contributed by atoms with Crippen molar-refractivity contribution in [2.75, 3.05) is 31.6 Å². The Bertz CT molecular complexity index is 416. The van der Waals surface area contributed by atoms with E-state index in [1.807, 2.05) is 12.4 Å². The standard InChI is InChI=1S/C17H29N3O/c1-14(2)10-19-11-15-7-8-18-12-17(15)20(3)13-16-6-4-5-9-21-16/h7-8,12,14,16,19H,4-6,9-11,13H2,1-3H3. The van der Waals surface area contributed by atoms with Crippen LogP contribution in [0.15, 0.2) is 18.5 Å². The lowest BCUT2D eigenvalue weighted by Gasteiger charge is -2.29. The van der Waals surface area contributed by atoms with Crippen LogP contribution in [0.2, 0.25) is 0 Å². The van der Waals surface area contributed by atoms with Gasteiger partial charge < -0.3 is 15.0 Å². The van der Waals surface area contributed by atoms with Crippen LogP contribution in [0.3, 0.4) is 0 Å². The maximum atomic E-state index is 5.84. The lowest BCUT2D eigenvalue weighted by Crippen LogP contribution is -2.34. The first-order valence-corrected chi connectivity index (χ1v) is 8.13. The van der Waals surface area contributed by atoms with Gasteiger partial charge in [0.25, 0.3) is 0 Å². The van der Waals surface area contributed by atoms with E-state index in [4.69, 9.17) is 4.74 Å². The number of ether oxygens (including phenoxy) is 1. The van der Waals surface area contributed by atoms with Crippen molar-refractivity contribution >= 4 is 5.69 Å². The fraction of sp³-hybridized carbons (Fsp3) is 0.706. The smallest absolute Gasteiger partial charge is 0.0749 e. The van der Waals surface area contributed by atoms with Crippen LogP contribution < -0.4 is 10.2 Å². The fourth-order valence-electron chi connectivity index (χ4n) is 2.76. The van der Waals surface area contributed by atoms with Crippen LogP contribution >= 0.6 is 0 Å². The van der Waals surface area contributed by atoms with Gasteiger partial charge in [-0.15, -0.1) is 0 Å². The van der Waals surface area contributed by atoms with E-state index in [1.54, 1.807) is 0 Å². The molecule has 4 nitrogen and oxygen atoms in total. The number of hydrogen-bond acceptors (Lipinski definition) is 4. The Labute approximate surface area is 128 Å². The SMILES string of the molecule is CC(C)CNCc1ccncc1N(C)CC1CCCCO1. The van der Waals surface area contributed by atoms with Crippen LogP contribution in [0.4, 0.5) is 5.69 Å². The van der Waals surface area contributed by atoms with E-state index >= 15 is 0 Å². The minimum atomic E-state index is 0.362. The highest BCUT2D eigenvalue weighted by Crippen LogP contribution is 2.21. The molecule has 1 aromatic rings. The van der Waals surface area contributed by atoms with Crippen molar-refractivity contribution in [1.29, 1.82) is 0 Å². The van der Waals surface area contributed by atoms with Gasteiger partial charge in [-0.05, 0) is 43.4 Å². The van der Waals surface area contributed by atoms with E-state index in [9.17, 15) is 0 Å². The zero-order valence-electron chi connectivity index (χ0n) is 13.6. The second kappa shape index (κ2) is 8.35. The third kappa shape index (κ3) is 5.29. The normalized spacial score (nSPS) is 19.0. The largest absolute Gasteiger partial charge is 0.376 e. The second-order valence-electron chi connectivity index (χ2n) is 6.40. The number of nitrogens with one attached hydrogen (secondary N) is 1. The molecule has 118 valence electrons. The molecule has 1 aliphatic heterocycles. The molecule has 2 heterocycles. The number of pyridine rings is 1. The fourth-order valence-corrected chi connectivity index (χ4v) is 2.76. The lowest BCUT2D eigenvalue weighted by molar-refractivity contribution is 0.0216. The Kier molecular flexibility index (Phi) is 6.46. The summed E-state index contributed by atoms with van der Waals surface area (Å²) in [6.07, 6.45) is 7.87. The summed E-state index contributed by atoms with van der Waals surface area (Å²) < 4.78 is 5.84. The maximum Gasteiger partial charge on any atom is 0.0749 e. The van der Waals surface area contributed by atoms with Crippen molar-refractivity contribution < 1.29 is 4.74 Å². The highest BCUT2D eigenvalue weighted by molar-refractivity contribution is 5.51. The molecular weight excluding hydrogens is 262 g/mol. The van der Waals surface area contributed by atoms with Gasteiger partial charge in [0.15, 0.2) is 0 Å². The van der Waals surface area contributed by atoms with E-state index in [2.05, 4.69) is 42.2 Å². The predicted octanol–water partition coefficient (Wildman–Crippen LogP) is 2.83. The van der Waals surface area contributed by atoms with E-state index in [1.165, 1.54) is 30.5 Å². The Morgan fingerprint density at radius 1 is 1.43 bits per heavy atom. The number of likely N-dealkylation sites (N-methyl/N-ethyl adjacent to an activating group) is 1. The van der Waals surface area contributed by atoms with Crippen molar-refractivity contribution in [3.63, 3.8) is 0 Å². The Balaban J connectivity index is 1.93. The van der Waals surface area contributed by atoms with E-state index in [-0.39, 0.29) is 0 Å². The molecule has 0 bridgehead atoms. The summed E-state index contributed by atoms with van der Waals surface area (Å²) in [5.41, 5.74) is 2.52. The Hall–Kier alpha value is -1.13. The number of hydrogen-bond donors (Lipinski definition) is 1. The Morgan fingerprint density at radius 2 is 2.29 bits per heavy atom. The summed E-state index contributed by atoms with van der Waals surface area (Å²) >= 11 is 0. The zero-order valence-corrected chi connectivity index (χ0v) is 13.6.